The van der Waals surface area contributed by atoms with Crippen LogP contribution >= 0.6 is 0 Å². The van der Waals surface area contributed by atoms with E-state index >= 15 is 0 Å². The van der Waals surface area contributed by atoms with Crippen molar-refractivity contribution in [1.82, 2.24) is 9.91 Å². The van der Waals surface area contributed by atoms with Crippen molar-refractivity contribution in [2.24, 2.45) is 5.10 Å². The van der Waals surface area contributed by atoms with Crippen molar-refractivity contribution in [3.63, 3.8) is 0 Å². The van der Waals surface area contributed by atoms with Crippen LogP contribution in [0.1, 0.15) is 36.4 Å². The number of hydrogen-bond acceptors (Lipinski definition) is 5. The van der Waals surface area contributed by atoms with E-state index in [1.165, 1.54) is 23.2 Å². The Kier molecular flexibility index (Phi) is 5.75. The normalized spacial score (nSPS) is 23.0. The maximum absolute atomic E-state index is 14.6. The summed E-state index contributed by atoms with van der Waals surface area (Å²) in [5.41, 5.74) is 1.78. The Labute approximate surface area is 185 Å². The van der Waals surface area contributed by atoms with Gasteiger partial charge in [-0.25, -0.2) is 13.8 Å². The molecule has 0 aliphatic carbocycles. The van der Waals surface area contributed by atoms with Crippen LogP contribution in [-0.4, -0.2) is 60.2 Å². The van der Waals surface area contributed by atoms with Crippen molar-refractivity contribution in [3.05, 3.63) is 71.3 Å². The van der Waals surface area contributed by atoms with Gasteiger partial charge in [0.2, 0.25) is 0 Å². The van der Waals surface area contributed by atoms with Crippen LogP contribution in [0, 0.1) is 11.6 Å². The molecular formula is C24H25F2N3O3. The second-order valence-corrected chi connectivity index (χ2v) is 8.42. The Bertz CT molecular complexity index is 1010. The zero-order valence-electron chi connectivity index (χ0n) is 17.7. The zero-order valence-corrected chi connectivity index (χ0v) is 17.7. The van der Waals surface area contributed by atoms with E-state index in [-0.39, 0.29) is 24.1 Å². The lowest BCUT2D eigenvalue weighted by Gasteiger charge is -2.37. The molecule has 0 unspecified atom stereocenters. The molecule has 0 saturated carbocycles. The summed E-state index contributed by atoms with van der Waals surface area (Å²) < 4.78 is 39.5. The van der Waals surface area contributed by atoms with Gasteiger partial charge in [-0.05, 0) is 23.8 Å². The van der Waals surface area contributed by atoms with Crippen LogP contribution in [0.2, 0.25) is 0 Å². The van der Waals surface area contributed by atoms with Crippen molar-refractivity contribution < 1.29 is 23.0 Å². The molecule has 6 nitrogen and oxygen atoms in total. The highest BCUT2D eigenvalue weighted by atomic mass is 19.1. The van der Waals surface area contributed by atoms with E-state index in [9.17, 15) is 13.6 Å². The molecule has 2 fully saturated rings. The maximum Gasteiger partial charge on any atom is 0.257 e. The molecule has 8 heteroatoms. The van der Waals surface area contributed by atoms with Gasteiger partial charge in [-0.15, -0.1) is 0 Å². The molecule has 3 aliphatic heterocycles. The predicted molar refractivity (Wildman–Crippen MR) is 114 cm³/mol. The van der Waals surface area contributed by atoms with Gasteiger partial charge in [0.1, 0.15) is 11.6 Å². The van der Waals surface area contributed by atoms with Crippen LogP contribution in [-0.2, 0) is 14.3 Å². The molecular weight excluding hydrogens is 416 g/mol. The van der Waals surface area contributed by atoms with Crippen LogP contribution in [0.25, 0.3) is 0 Å². The fourth-order valence-corrected chi connectivity index (χ4v) is 4.65. The Morgan fingerprint density at radius 2 is 1.72 bits per heavy atom. The van der Waals surface area contributed by atoms with E-state index in [0.717, 1.165) is 5.56 Å². The first-order valence-electron chi connectivity index (χ1n) is 10.9. The lowest BCUT2D eigenvalue weighted by atomic mass is 9.98. The minimum Gasteiger partial charge on any atom is -0.347 e. The van der Waals surface area contributed by atoms with Gasteiger partial charge < -0.3 is 9.47 Å². The Balaban J connectivity index is 1.35. The molecule has 3 aliphatic rings. The van der Waals surface area contributed by atoms with E-state index in [2.05, 4.69) is 10.0 Å². The third-order valence-electron chi connectivity index (χ3n) is 6.40. The summed E-state index contributed by atoms with van der Waals surface area (Å²) in [7, 11) is 0. The Morgan fingerprint density at radius 1 is 1.03 bits per heavy atom. The van der Waals surface area contributed by atoms with Crippen LogP contribution in [0.5, 0.6) is 0 Å². The molecule has 2 aromatic rings. The number of ether oxygens (including phenoxy) is 2. The lowest BCUT2D eigenvalue weighted by Crippen LogP contribution is -2.48. The summed E-state index contributed by atoms with van der Waals surface area (Å²) in [5, 5.41) is 5.95. The number of likely N-dealkylation sites (tertiary alicyclic amines) is 1. The SMILES string of the molecule is O=C(CN1CCC2(CC1)OCCO2)N1N=C(c2ccc(F)cc2)C[C@@H]1c1ccccc1F. The highest BCUT2D eigenvalue weighted by Crippen LogP contribution is 2.35. The molecule has 0 bridgehead atoms. The third kappa shape index (κ3) is 4.18. The summed E-state index contributed by atoms with van der Waals surface area (Å²) in [6, 6.07) is 11.9. The predicted octanol–water partition coefficient (Wildman–Crippen LogP) is 3.48. The third-order valence-corrected chi connectivity index (χ3v) is 6.40. The number of piperidine rings is 1. The first-order valence-corrected chi connectivity index (χ1v) is 10.9. The van der Waals surface area contributed by atoms with Crippen LogP contribution < -0.4 is 0 Å². The number of halogens is 2. The topological polar surface area (TPSA) is 54.4 Å². The molecule has 32 heavy (non-hydrogen) atoms. The monoisotopic (exact) mass is 441 g/mol. The van der Waals surface area contributed by atoms with Gasteiger partial charge in [0.25, 0.3) is 5.91 Å². The minimum absolute atomic E-state index is 0.182. The van der Waals surface area contributed by atoms with Gasteiger partial charge in [0, 0.05) is 37.9 Å². The van der Waals surface area contributed by atoms with E-state index in [1.54, 1.807) is 30.3 Å². The fourth-order valence-electron chi connectivity index (χ4n) is 4.65. The molecule has 1 spiro atoms. The average Bonchev–Trinajstić information content (AvgIpc) is 3.44. The molecule has 0 radical (unpaired) electrons. The van der Waals surface area contributed by atoms with E-state index in [1.807, 2.05) is 0 Å². The quantitative estimate of drug-likeness (QED) is 0.729. The molecule has 2 saturated heterocycles. The highest BCUT2D eigenvalue weighted by molar-refractivity contribution is 6.03. The minimum atomic E-state index is -0.540. The van der Waals surface area contributed by atoms with Crippen molar-refractivity contribution in [1.29, 1.82) is 0 Å². The highest BCUT2D eigenvalue weighted by Gasteiger charge is 2.41. The standard InChI is InChI=1S/C24H25F2N3O3/c25-18-7-5-17(6-8-18)21-15-22(19-3-1-2-4-20(19)26)29(27-21)23(30)16-28-11-9-24(10-12-28)31-13-14-32-24/h1-8,22H,9-16H2/t22-/m1/s1. The molecule has 168 valence electrons. The molecule has 0 N–H and O–H groups in total. The first-order chi connectivity index (χ1) is 15.5. The fraction of sp³-hybridized carbons (Fsp3) is 0.417. The number of hydrazone groups is 1. The molecule has 3 heterocycles. The smallest absolute Gasteiger partial charge is 0.257 e. The Morgan fingerprint density at radius 3 is 2.41 bits per heavy atom. The number of amides is 1. The number of carbonyl (C=O) groups excluding carboxylic acids is 1. The molecule has 2 aromatic carbocycles. The van der Waals surface area contributed by atoms with Gasteiger partial charge in [0.05, 0.1) is 31.5 Å². The van der Waals surface area contributed by atoms with Crippen LogP contribution in [0.3, 0.4) is 0 Å². The van der Waals surface area contributed by atoms with Crippen molar-refractivity contribution in [2.45, 2.75) is 31.1 Å². The van der Waals surface area contributed by atoms with Crippen LogP contribution in [0.4, 0.5) is 8.78 Å². The first kappa shape index (κ1) is 21.2. The lowest BCUT2D eigenvalue weighted by molar-refractivity contribution is -0.186. The summed E-state index contributed by atoms with van der Waals surface area (Å²) in [6.45, 7) is 2.76. The Hall–Kier alpha value is -2.68. The summed E-state index contributed by atoms with van der Waals surface area (Å²) in [4.78, 5) is 15.3. The van der Waals surface area contributed by atoms with Crippen LogP contribution in [0.15, 0.2) is 53.6 Å². The van der Waals surface area contributed by atoms with E-state index in [0.29, 0.717) is 56.8 Å². The number of rotatable bonds is 4. The number of carbonyl (C=O) groups is 1. The molecule has 1 atom stereocenters. The largest absolute Gasteiger partial charge is 0.347 e. The summed E-state index contributed by atoms with van der Waals surface area (Å²) >= 11 is 0. The number of hydrogen-bond donors (Lipinski definition) is 0. The van der Waals surface area contributed by atoms with Gasteiger partial charge in [-0.1, -0.05) is 30.3 Å². The van der Waals surface area contributed by atoms with Gasteiger partial charge in [-0.2, -0.15) is 5.10 Å². The van der Waals surface area contributed by atoms with Gasteiger partial charge >= 0.3 is 0 Å². The molecule has 5 rings (SSSR count). The van der Waals surface area contributed by atoms with Crippen molar-refractivity contribution in [3.8, 4) is 0 Å². The maximum atomic E-state index is 14.6. The van der Waals surface area contributed by atoms with Crippen molar-refractivity contribution in [2.75, 3.05) is 32.8 Å². The zero-order chi connectivity index (χ0) is 22.1. The van der Waals surface area contributed by atoms with Gasteiger partial charge in [0.15, 0.2) is 5.79 Å². The van der Waals surface area contributed by atoms with Crippen molar-refractivity contribution >= 4 is 11.6 Å². The average molecular weight is 441 g/mol. The molecule has 0 aromatic heterocycles. The second kappa shape index (κ2) is 8.69. The van der Waals surface area contributed by atoms with E-state index in [4.69, 9.17) is 9.47 Å². The number of nitrogens with zero attached hydrogens (tertiary/aromatic N) is 3. The number of benzene rings is 2. The summed E-state index contributed by atoms with van der Waals surface area (Å²) in [6.07, 6.45) is 1.78. The second-order valence-electron chi connectivity index (χ2n) is 8.42. The van der Waals surface area contributed by atoms with Gasteiger partial charge in [-0.3, -0.25) is 9.69 Å². The molecule has 1 amide bonds. The van der Waals surface area contributed by atoms with E-state index < -0.39 is 11.8 Å². The summed E-state index contributed by atoms with van der Waals surface area (Å²) in [5.74, 6) is -1.42.